The minimum absolute atomic E-state index is 0.138. The summed E-state index contributed by atoms with van der Waals surface area (Å²) in [6.07, 6.45) is 2.27. The summed E-state index contributed by atoms with van der Waals surface area (Å²) in [6, 6.07) is 6.71. The maximum Gasteiger partial charge on any atom is 0.195 e. The molecule has 3 nitrogen and oxygen atoms in total. The molecule has 0 saturated heterocycles. The van der Waals surface area contributed by atoms with Crippen LogP contribution in [0.15, 0.2) is 29.4 Å². The first-order valence-electron chi connectivity index (χ1n) is 5.84. The smallest absolute Gasteiger partial charge is 0.195 e. The van der Waals surface area contributed by atoms with Gasteiger partial charge in [0.05, 0.1) is 10.6 Å². The highest BCUT2D eigenvalue weighted by Gasteiger charge is 2.35. The van der Waals surface area contributed by atoms with Crippen molar-refractivity contribution in [3.05, 3.63) is 50.5 Å². The van der Waals surface area contributed by atoms with Crippen molar-refractivity contribution in [3.8, 4) is 12.1 Å². The Morgan fingerprint density at radius 1 is 1.20 bits per heavy atom. The monoisotopic (exact) mass is 302 g/mol. The number of benzene rings is 1. The van der Waals surface area contributed by atoms with Crippen LogP contribution in [0.2, 0.25) is 10.0 Å². The van der Waals surface area contributed by atoms with Gasteiger partial charge in [-0.3, -0.25) is 4.79 Å². The number of ketones is 1. The van der Waals surface area contributed by atoms with Crippen LogP contribution < -0.4 is 0 Å². The molecule has 0 fully saturated rings. The van der Waals surface area contributed by atoms with Crippen molar-refractivity contribution in [2.75, 3.05) is 0 Å². The first-order chi connectivity index (χ1) is 9.56. The van der Waals surface area contributed by atoms with E-state index in [-0.39, 0.29) is 27.5 Å². The molecule has 1 aliphatic rings. The lowest BCUT2D eigenvalue weighted by Crippen LogP contribution is -1.96. The molecule has 0 aromatic heterocycles. The number of hydrogen-bond acceptors (Lipinski definition) is 3. The molecule has 2 rings (SSSR count). The predicted molar refractivity (Wildman–Crippen MR) is 77.3 cm³/mol. The Balaban J connectivity index is 2.96. The summed E-state index contributed by atoms with van der Waals surface area (Å²) in [5.41, 5.74) is 1.10. The summed E-state index contributed by atoms with van der Waals surface area (Å²) in [5.74, 6) is -0.299. The molecule has 0 aliphatic heterocycles. The van der Waals surface area contributed by atoms with Gasteiger partial charge >= 0.3 is 0 Å². The number of carbonyl (C=O) groups is 1. The van der Waals surface area contributed by atoms with E-state index in [0.717, 1.165) is 0 Å². The van der Waals surface area contributed by atoms with E-state index < -0.39 is 0 Å². The molecule has 98 valence electrons. The second-order valence-corrected chi connectivity index (χ2v) is 4.92. The molecule has 0 N–H and O–H groups in total. The Morgan fingerprint density at radius 2 is 1.75 bits per heavy atom. The Kier molecular flexibility index (Phi) is 3.95. The number of rotatable bonds is 1. The van der Waals surface area contributed by atoms with E-state index in [1.54, 1.807) is 12.1 Å². The van der Waals surface area contributed by atoms with Crippen LogP contribution in [-0.4, -0.2) is 5.78 Å². The molecule has 1 aromatic rings. The highest BCUT2D eigenvalue weighted by atomic mass is 35.5. The number of nitrogens with zero attached hydrogens (tertiary/aromatic N) is 2. The average Bonchev–Trinajstić information content (AvgIpc) is 2.72. The molecule has 5 heteroatoms. The second kappa shape index (κ2) is 5.51. The van der Waals surface area contributed by atoms with Gasteiger partial charge in [-0.25, -0.2) is 0 Å². The third kappa shape index (κ3) is 2.02. The van der Waals surface area contributed by atoms with E-state index in [1.807, 2.05) is 19.1 Å². The minimum atomic E-state index is -0.299. The zero-order valence-electron chi connectivity index (χ0n) is 10.5. The van der Waals surface area contributed by atoms with Gasteiger partial charge in [0.2, 0.25) is 0 Å². The molecule has 0 radical (unpaired) electrons. The fourth-order valence-corrected chi connectivity index (χ4v) is 2.69. The van der Waals surface area contributed by atoms with E-state index in [0.29, 0.717) is 22.6 Å². The van der Waals surface area contributed by atoms with Crippen LogP contribution in [-0.2, 0) is 0 Å². The summed E-state index contributed by atoms with van der Waals surface area (Å²) in [7, 11) is 0. The van der Waals surface area contributed by atoms with Crippen molar-refractivity contribution >= 4 is 34.6 Å². The lowest BCUT2D eigenvalue weighted by Gasteiger charge is -2.04. The summed E-state index contributed by atoms with van der Waals surface area (Å²) in [4.78, 5) is 12.4. The van der Waals surface area contributed by atoms with Crippen LogP contribution >= 0.6 is 23.2 Å². The number of hydrogen-bond donors (Lipinski definition) is 0. The first kappa shape index (κ1) is 14.3. The average molecular weight is 303 g/mol. The first-order valence-corrected chi connectivity index (χ1v) is 6.60. The lowest BCUT2D eigenvalue weighted by atomic mass is 9.99. The molecule has 0 bridgehead atoms. The van der Waals surface area contributed by atoms with Gasteiger partial charge in [0.1, 0.15) is 17.7 Å². The van der Waals surface area contributed by atoms with Crippen LogP contribution in [0.1, 0.15) is 29.3 Å². The van der Waals surface area contributed by atoms with Gasteiger partial charge in [0.15, 0.2) is 5.78 Å². The maximum atomic E-state index is 12.4. The van der Waals surface area contributed by atoms with Gasteiger partial charge < -0.3 is 0 Å². The molecule has 1 aromatic carbocycles. The van der Waals surface area contributed by atoms with E-state index in [1.165, 1.54) is 6.07 Å². The standard InChI is InChI=1S/C15H8Cl2N2O/c1-2-3-9-12(8(6-18)7-19)13-10(16)4-5-11(17)14(13)15(9)20/h3-5H,2H2,1H3/b9-3+. The fourth-order valence-electron chi connectivity index (χ4n) is 2.20. The number of fused-ring (bicyclic) bond motifs is 1. The minimum Gasteiger partial charge on any atom is -0.289 e. The topological polar surface area (TPSA) is 64.7 Å². The highest BCUT2D eigenvalue weighted by Crippen LogP contribution is 2.45. The molecule has 0 saturated carbocycles. The Bertz CT molecular complexity index is 745. The van der Waals surface area contributed by atoms with Crippen molar-refractivity contribution in [1.82, 2.24) is 0 Å². The van der Waals surface area contributed by atoms with Gasteiger partial charge in [0, 0.05) is 21.7 Å². The molecule has 0 amide bonds. The molecule has 1 aliphatic carbocycles. The fraction of sp³-hybridized carbons (Fsp3) is 0.133. The van der Waals surface area contributed by atoms with Gasteiger partial charge in [-0.1, -0.05) is 36.2 Å². The lowest BCUT2D eigenvalue weighted by molar-refractivity contribution is 0.104. The maximum absolute atomic E-state index is 12.4. The molecular weight excluding hydrogens is 295 g/mol. The largest absolute Gasteiger partial charge is 0.289 e. The predicted octanol–water partition coefficient (Wildman–Crippen LogP) is 4.33. The summed E-state index contributed by atoms with van der Waals surface area (Å²) < 4.78 is 0. The number of halogens is 2. The molecule has 0 atom stereocenters. The number of Topliss-reactive ketones (excluding diaryl/α,β-unsaturated/α-hetero) is 1. The summed E-state index contributed by atoms with van der Waals surface area (Å²) >= 11 is 12.2. The van der Waals surface area contributed by atoms with Crippen molar-refractivity contribution in [3.63, 3.8) is 0 Å². The van der Waals surface area contributed by atoms with Crippen LogP contribution in [0.4, 0.5) is 0 Å². The van der Waals surface area contributed by atoms with E-state index in [2.05, 4.69) is 0 Å². The summed E-state index contributed by atoms with van der Waals surface area (Å²) in [6.45, 7) is 1.86. The van der Waals surface area contributed by atoms with Crippen molar-refractivity contribution in [1.29, 1.82) is 10.5 Å². The number of carbonyl (C=O) groups excluding carboxylic acids is 1. The van der Waals surface area contributed by atoms with Gasteiger partial charge in [-0.05, 0) is 18.6 Å². The van der Waals surface area contributed by atoms with Crippen LogP contribution in [0, 0.1) is 22.7 Å². The third-order valence-corrected chi connectivity index (χ3v) is 3.61. The van der Waals surface area contributed by atoms with Gasteiger partial charge in [-0.15, -0.1) is 0 Å². The van der Waals surface area contributed by atoms with Crippen molar-refractivity contribution in [2.45, 2.75) is 13.3 Å². The zero-order chi connectivity index (χ0) is 14.9. The van der Waals surface area contributed by atoms with E-state index >= 15 is 0 Å². The van der Waals surface area contributed by atoms with E-state index in [4.69, 9.17) is 33.7 Å². The zero-order valence-corrected chi connectivity index (χ0v) is 12.0. The van der Waals surface area contributed by atoms with Gasteiger partial charge in [-0.2, -0.15) is 10.5 Å². The SMILES string of the molecule is CC/C=C1/C(=O)c2c(Cl)ccc(Cl)c2C1=C(C#N)C#N. The summed E-state index contributed by atoms with van der Waals surface area (Å²) in [5, 5.41) is 18.8. The van der Waals surface area contributed by atoms with Crippen LogP contribution in [0.5, 0.6) is 0 Å². The molecule has 0 heterocycles. The van der Waals surface area contributed by atoms with Crippen molar-refractivity contribution < 1.29 is 4.79 Å². The Labute approximate surface area is 126 Å². The van der Waals surface area contributed by atoms with Crippen LogP contribution in [0.25, 0.3) is 5.57 Å². The highest BCUT2D eigenvalue weighted by molar-refractivity contribution is 6.43. The Hall–Kier alpha value is -2.07. The second-order valence-electron chi connectivity index (χ2n) is 4.11. The molecule has 0 spiro atoms. The van der Waals surface area contributed by atoms with E-state index in [9.17, 15) is 4.79 Å². The quantitative estimate of drug-likeness (QED) is 0.573. The molecule has 20 heavy (non-hydrogen) atoms. The Morgan fingerprint density at radius 3 is 2.25 bits per heavy atom. The number of nitriles is 2. The normalized spacial score (nSPS) is 14.9. The van der Waals surface area contributed by atoms with Gasteiger partial charge in [0.25, 0.3) is 0 Å². The van der Waals surface area contributed by atoms with Crippen molar-refractivity contribution in [2.24, 2.45) is 0 Å². The van der Waals surface area contributed by atoms with Crippen LogP contribution in [0.3, 0.4) is 0 Å². The molecular formula is C15H8Cl2N2O. The number of allylic oxidation sites excluding steroid dienone is 4. The third-order valence-electron chi connectivity index (χ3n) is 2.98. The molecule has 0 unspecified atom stereocenters.